The SMILES string of the molecule is CCCCc1ccc(N2c3cc4oc5ccccc5c4cc3B3c4c(cccc42)-c2cc4c(cc2N3c2ccccc2)C(C)(C)CCC4(C)C)c(-c2ccccc2)c1. The lowest BCUT2D eigenvalue weighted by atomic mass is 9.43. The fourth-order valence-corrected chi connectivity index (χ4v) is 10.5. The van der Waals surface area contributed by atoms with Crippen LogP contribution in [0.2, 0.25) is 0 Å². The van der Waals surface area contributed by atoms with E-state index in [0.717, 1.165) is 34.0 Å². The van der Waals surface area contributed by atoms with Gasteiger partial charge in [-0.05, 0) is 124 Å². The molecule has 0 fully saturated rings. The highest BCUT2D eigenvalue weighted by molar-refractivity contribution is 6.93. The average molecular weight is 753 g/mol. The molecule has 7 aromatic carbocycles. The summed E-state index contributed by atoms with van der Waals surface area (Å²) in [5.74, 6) is 0. The maximum Gasteiger partial charge on any atom is 0.333 e. The van der Waals surface area contributed by atoms with Gasteiger partial charge in [-0.1, -0.05) is 132 Å². The maximum atomic E-state index is 6.71. The van der Waals surface area contributed by atoms with Gasteiger partial charge in [-0.3, -0.25) is 0 Å². The van der Waals surface area contributed by atoms with Crippen molar-refractivity contribution in [3.05, 3.63) is 162 Å². The van der Waals surface area contributed by atoms with Gasteiger partial charge in [0.25, 0.3) is 0 Å². The number of fused-ring (bicyclic) bond motifs is 8. The third kappa shape index (κ3) is 5.27. The minimum absolute atomic E-state index is 0.0740. The summed E-state index contributed by atoms with van der Waals surface area (Å²) in [6, 6.07) is 54.8. The van der Waals surface area contributed by atoms with Crippen molar-refractivity contribution in [2.75, 3.05) is 9.71 Å². The van der Waals surface area contributed by atoms with Gasteiger partial charge in [-0.2, -0.15) is 0 Å². The Labute approximate surface area is 343 Å². The Hall–Kier alpha value is -6.00. The van der Waals surface area contributed by atoms with Crippen molar-refractivity contribution in [2.24, 2.45) is 0 Å². The molecule has 0 N–H and O–H groups in total. The van der Waals surface area contributed by atoms with Crippen molar-refractivity contribution in [2.45, 2.75) is 77.6 Å². The molecule has 0 bridgehead atoms. The van der Waals surface area contributed by atoms with Crippen LogP contribution in [0, 0.1) is 0 Å². The van der Waals surface area contributed by atoms with E-state index in [-0.39, 0.29) is 17.7 Å². The molecule has 1 aliphatic carbocycles. The van der Waals surface area contributed by atoms with Crippen molar-refractivity contribution < 1.29 is 4.42 Å². The number of unbranched alkanes of at least 4 members (excludes halogenated alkanes) is 1. The predicted molar refractivity (Wildman–Crippen MR) is 247 cm³/mol. The molecule has 0 spiro atoms. The second-order valence-corrected chi connectivity index (χ2v) is 18.2. The van der Waals surface area contributed by atoms with Crippen LogP contribution in [0.3, 0.4) is 0 Å². The molecule has 1 aromatic heterocycles. The van der Waals surface area contributed by atoms with E-state index in [1.807, 2.05) is 0 Å². The van der Waals surface area contributed by atoms with Crippen LogP contribution in [-0.2, 0) is 17.3 Å². The Kier molecular flexibility index (Phi) is 7.89. The van der Waals surface area contributed by atoms with Crippen molar-refractivity contribution in [1.82, 2.24) is 0 Å². The van der Waals surface area contributed by atoms with Gasteiger partial charge in [0.15, 0.2) is 0 Å². The summed E-state index contributed by atoms with van der Waals surface area (Å²) >= 11 is 0. The summed E-state index contributed by atoms with van der Waals surface area (Å²) in [7, 11) is 0. The molecular weight excluding hydrogens is 703 g/mol. The molecular formula is C54H49BN2O. The van der Waals surface area contributed by atoms with Crippen LogP contribution in [0.25, 0.3) is 44.2 Å². The van der Waals surface area contributed by atoms with Crippen LogP contribution in [0.5, 0.6) is 0 Å². The lowest BCUT2D eigenvalue weighted by Crippen LogP contribution is -2.61. The molecule has 0 unspecified atom stereocenters. The number of rotatable bonds is 6. The zero-order valence-electron chi connectivity index (χ0n) is 34.3. The molecule has 0 amide bonds. The second-order valence-electron chi connectivity index (χ2n) is 18.2. The topological polar surface area (TPSA) is 19.6 Å². The zero-order chi connectivity index (χ0) is 39.3. The van der Waals surface area contributed by atoms with E-state index >= 15 is 0 Å². The Morgan fingerprint density at radius 1 is 0.569 bits per heavy atom. The van der Waals surface area contributed by atoms with Crippen LogP contribution in [0.1, 0.15) is 77.0 Å². The minimum Gasteiger partial charge on any atom is -0.456 e. The van der Waals surface area contributed by atoms with Gasteiger partial charge >= 0.3 is 6.85 Å². The first kappa shape index (κ1) is 35.2. The number of aryl methyl sites for hydroxylation is 1. The number of benzene rings is 7. The summed E-state index contributed by atoms with van der Waals surface area (Å²) in [5.41, 5.74) is 20.1. The van der Waals surface area contributed by atoms with Crippen molar-refractivity contribution >= 4 is 68.1 Å². The number of furan rings is 1. The zero-order valence-corrected chi connectivity index (χ0v) is 34.3. The molecule has 58 heavy (non-hydrogen) atoms. The molecule has 3 nitrogen and oxygen atoms in total. The molecule has 8 aromatic rings. The highest BCUT2D eigenvalue weighted by Gasteiger charge is 2.47. The third-order valence-corrected chi connectivity index (χ3v) is 13.7. The van der Waals surface area contributed by atoms with E-state index in [1.54, 1.807) is 0 Å². The molecule has 0 atom stereocenters. The summed E-state index contributed by atoms with van der Waals surface area (Å²) < 4.78 is 6.71. The Balaban J connectivity index is 1.26. The Bertz CT molecular complexity index is 2910. The average Bonchev–Trinajstić information content (AvgIpc) is 3.62. The second kappa shape index (κ2) is 13.0. The van der Waals surface area contributed by atoms with E-state index < -0.39 is 0 Å². The van der Waals surface area contributed by atoms with Crippen LogP contribution in [-0.4, -0.2) is 6.85 Å². The summed E-state index contributed by atoms with van der Waals surface area (Å²) in [5, 5.41) is 2.30. The number of anilines is 5. The van der Waals surface area contributed by atoms with E-state index in [2.05, 4.69) is 190 Å². The van der Waals surface area contributed by atoms with Crippen LogP contribution in [0.15, 0.2) is 150 Å². The number of hydrogen-bond acceptors (Lipinski definition) is 3. The summed E-state index contributed by atoms with van der Waals surface area (Å²) in [4.78, 5) is 5.22. The van der Waals surface area contributed by atoms with Crippen LogP contribution >= 0.6 is 0 Å². The molecule has 11 rings (SSSR count). The standard InChI is InChI=1S/C54H49BN2O/c1-6-7-17-35-26-27-46(40(30-35)36-18-10-8-11-19-36)56-47-24-16-23-39-41-31-43-44(54(4,5)29-28-53(43,2)3)33-48(41)57(37-20-12-9-13-21-37)55(52(39)47)45-32-42-38-22-14-15-25-50(38)58-51(42)34-49(45)56/h8-16,18-27,30-34H,6-7,17,28-29H2,1-5H3. The number of nitrogens with zero attached hydrogens (tertiary/aromatic N) is 2. The fourth-order valence-electron chi connectivity index (χ4n) is 10.5. The smallest absolute Gasteiger partial charge is 0.333 e. The molecule has 284 valence electrons. The van der Waals surface area contributed by atoms with Crippen molar-refractivity contribution in [1.29, 1.82) is 0 Å². The first-order chi connectivity index (χ1) is 28.2. The van der Waals surface area contributed by atoms with Gasteiger partial charge in [0, 0.05) is 50.7 Å². The van der Waals surface area contributed by atoms with Gasteiger partial charge < -0.3 is 14.1 Å². The van der Waals surface area contributed by atoms with Gasteiger partial charge in [-0.25, -0.2) is 0 Å². The largest absolute Gasteiger partial charge is 0.456 e. The number of hydrogen-bond donors (Lipinski definition) is 0. The first-order valence-electron chi connectivity index (χ1n) is 21.3. The van der Waals surface area contributed by atoms with E-state index in [0.29, 0.717) is 0 Å². The van der Waals surface area contributed by atoms with E-state index in [4.69, 9.17) is 4.42 Å². The Morgan fingerprint density at radius 2 is 1.29 bits per heavy atom. The molecule has 2 aliphatic heterocycles. The van der Waals surface area contributed by atoms with Crippen LogP contribution in [0.4, 0.5) is 28.4 Å². The van der Waals surface area contributed by atoms with Gasteiger partial charge in [-0.15, -0.1) is 0 Å². The van der Waals surface area contributed by atoms with Crippen molar-refractivity contribution in [3.8, 4) is 22.3 Å². The molecule has 4 heteroatoms. The summed E-state index contributed by atoms with van der Waals surface area (Å²) in [6.45, 7) is 12.0. The predicted octanol–water partition coefficient (Wildman–Crippen LogP) is 13.7. The maximum absolute atomic E-state index is 6.71. The van der Waals surface area contributed by atoms with Gasteiger partial charge in [0.1, 0.15) is 11.2 Å². The summed E-state index contributed by atoms with van der Waals surface area (Å²) in [6.07, 6.45) is 5.76. The Morgan fingerprint density at radius 3 is 2.07 bits per heavy atom. The number of para-hydroxylation sites is 2. The van der Waals surface area contributed by atoms with Crippen molar-refractivity contribution in [3.63, 3.8) is 0 Å². The monoisotopic (exact) mass is 752 g/mol. The van der Waals surface area contributed by atoms with Gasteiger partial charge in [0.2, 0.25) is 0 Å². The van der Waals surface area contributed by atoms with E-state index in [9.17, 15) is 0 Å². The van der Waals surface area contributed by atoms with E-state index in [1.165, 1.54) is 98.3 Å². The third-order valence-electron chi connectivity index (χ3n) is 13.7. The lowest BCUT2D eigenvalue weighted by molar-refractivity contribution is 0.332. The van der Waals surface area contributed by atoms with Crippen LogP contribution < -0.4 is 20.6 Å². The normalized spacial score (nSPS) is 15.9. The first-order valence-corrected chi connectivity index (χ1v) is 21.3. The highest BCUT2D eigenvalue weighted by atomic mass is 16.3. The molecule has 0 radical (unpaired) electrons. The molecule has 3 aliphatic rings. The molecule has 0 saturated carbocycles. The fraction of sp³-hybridized carbons (Fsp3) is 0.222. The quantitative estimate of drug-likeness (QED) is 0.158. The molecule has 3 heterocycles. The van der Waals surface area contributed by atoms with Gasteiger partial charge in [0.05, 0.1) is 5.69 Å². The molecule has 0 saturated heterocycles. The lowest BCUT2D eigenvalue weighted by Gasteiger charge is -2.48. The minimum atomic E-state index is -0.0767. The highest BCUT2D eigenvalue weighted by Crippen LogP contribution is 2.54.